The van der Waals surface area contributed by atoms with E-state index >= 15 is 0 Å². The van der Waals surface area contributed by atoms with Gasteiger partial charge in [-0.2, -0.15) is 0 Å². The maximum Gasteiger partial charge on any atom is 0.334 e. The molecule has 42 heavy (non-hydrogen) atoms. The van der Waals surface area contributed by atoms with E-state index in [2.05, 4.69) is 39.5 Å². The largest absolute Gasteiger partial charge is 0.494 e. The van der Waals surface area contributed by atoms with Gasteiger partial charge in [0.2, 0.25) is 0 Å². The van der Waals surface area contributed by atoms with E-state index in [1.165, 1.54) is 5.56 Å². The highest BCUT2D eigenvalue weighted by atomic mass is 16.6. The Hall–Kier alpha value is -3.56. The van der Waals surface area contributed by atoms with Crippen LogP contribution in [0.5, 0.6) is 5.75 Å². The van der Waals surface area contributed by atoms with Gasteiger partial charge in [0, 0.05) is 29.5 Å². The molecule has 0 aliphatic carbocycles. The Morgan fingerprint density at radius 2 is 1.60 bits per heavy atom. The normalized spacial score (nSPS) is 17.5. The highest BCUT2D eigenvalue weighted by Gasteiger charge is 2.44. The number of carbonyl (C=O) groups excluding carboxylic acids is 2. The molecule has 226 valence electrons. The fourth-order valence-electron chi connectivity index (χ4n) is 5.12. The van der Waals surface area contributed by atoms with Gasteiger partial charge in [0.05, 0.1) is 13.2 Å². The number of benzene rings is 2. The second-order valence-corrected chi connectivity index (χ2v) is 12.3. The van der Waals surface area contributed by atoms with Crippen LogP contribution in [0.1, 0.15) is 82.9 Å². The number of carbonyl (C=O) groups is 2. The lowest BCUT2D eigenvalue weighted by Gasteiger charge is -2.24. The van der Waals surface area contributed by atoms with Crippen molar-refractivity contribution in [3.8, 4) is 17.6 Å². The number of allylic oxidation sites excluding steroid dienone is 1. The second kappa shape index (κ2) is 16.2. The summed E-state index contributed by atoms with van der Waals surface area (Å²) in [5.41, 5.74) is 2.39. The van der Waals surface area contributed by atoms with Crippen molar-refractivity contribution in [1.82, 2.24) is 0 Å². The highest BCUT2D eigenvalue weighted by molar-refractivity contribution is 5.91. The van der Waals surface area contributed by atoms with Gasteiger partial charge < -0.3 is 19.3 Å². The van der Waals surface area contributed by atoms with Crippen LogP contribution in [0.4, 0.5) is 0 Å². The molecule has 0 spiro atoms. The quantitative estimate of drug-likeness (QED) is 0.116. The molecule has 1 aliphatic heterocycles. The smallest absolute Gasteiger partial charge is 0.334 e. The standard InChI is InChI=1S/C36H46O6/c1-26(2)21-31(22-27(3)4)14-17-32-23-36(24-37,42-35(32)39)25-41-34(38)7-6-20-40-33-18-15-30(16-19-33)13-12-29-10-8-28(5)9-11-29/h8-11,15-19,26-27,31,37H,6-7,14,20-25H2,1-5H3/b32-17+. The molecule has 1 saturated heterocycles. The van der Waals surface area contributed by atoms with Gasteiger partial charge in [-0.05, 0) is 86.8 Å². The molecular formula is C36H46O6. The van der Waals surface area contributed by atoms with Gasteiger partial charge in [-0.1, -0.05) is 63.3 Å². The molecule has 3 rings (SSSR count). The van der Waals surface area contributed by atoms with Crippen molar-refractivity contribution < 1.29 is 28.9 Å². The maximum atomic E-state index is 12.6. The van der Waals surface area contributed by atoms with Crippen LogP contribution < -0.4 is 4.74 Å². The number of aliphatic hydroxyl groups excluding tert-OH is 1. The molecule has 0 aromatic heterocycles. The monoisotopic (exact) mass is 574 g/mol. The van der Waals surface area contributed by atoms with Crippen molar-refractivity contribution in [2.24, 2.45) is 17.8 Å². The van der Waals surface area contributed by atoms with Crippen LogP contribution in [0, 0.1) is 36.5 Å². The first-order valence-corrected chi connectivity index (χ1v) is 15.1. The number of esters is 2. The Kier molecular flexibility index (Phi) is 12.7. The van der Waals surface area contributed by atoms with E-state index in [1.807, 2.05) is 61.5 Å². The summed E-state index contributed by atoms with van der Waals surface area (Å²) in [6.07, 6.45) is 5.81. The highest BCUT2D eigenvalue weighted by Crippen LogP contribution is 2.33. The van der Waals surface area contributed by atoms with Crippen LogP contribution in [0.2, 0.25) is 0 Å². The number of hydrogen-bond donors (Lipinski definition) is 1. The predicted molar refractivity (Wildman–Crippen MR) is 165 cm³/mol. The van der Waals surface area contributed by atoms with Gasteiger partial charge in [-0.3, -0.25) is 4.79 Å². The summed E-state index contributed by atoms with van der Waals surface area (Å²) in [5, 5.41) is 10.0. The van der Waals surface area contributed by atoms with Crippen LogP contribution in [-0.4, -0.2) is 42.5 Å². The summed E-state index contributed by atoms with van der Waals surface area (Å²) in [6, 6.07) is 15.6. The molecule has 2 aromatic rings. The Morgan fingerprint density at radius 1 is 1.00 bits per heavy atom. The minimum Gasteiger partial charge on any atom is -0.494 e. The van der Waals surface area contributed by atoms with E-state index in [-0.39, 0.29) is 19.4 Å². The summed E-state index contributed by atoms with van der Waals surface area (Å²) in [6.45, 7) is 10.7. The topological polar surface area (TPSA) is 82.1 Å². The van der Waals surface area contributed by atoms with Gasteiger partial charge in [0.1, 0.15) is 12.4 Å². The van der Waals surface area contributed by atoms with E-state index in [9.17, 15) is 14.7 Å². The molecule has 2 aromatic carbocycles. The molecule has 1 aliphatic rings. The number of aliphatic hydroxyl groups is 1. The average molecular weight is 575 g/mol. The summed E-state index contributed by atoms with van der Waals surface area (Å²) in [7, 11) is 0. The molecular weight excluding hydrogens is 528 g/mol. The number of rotatable bonds is 14. The molecule has 1 N–H and O–H groups in total. The van der Waals surface area contributed by atoms with Gasteiger partial charge >= 0.3 is 11.9 Å². The van der Waals surface area contributed by atoms with E-state index in [0.717, 1.165) is 30.4 Å². The van der Waals surface area contributed by atoms with Crippen LogP contribution in [0.3, 0.4) is 0 Å². The first-order chi connectivity index (χ1) is 20.1. The lowest BCUT2D eigenvalue weighted by Crippen LogP contribution is -2.39. The number of cyclic esters (lactones) is 1. The molecule has 0 radical (unpaired) electrons. The number of hydrogen-bond acceptors (Lipinski definition) is 6. The fraction of sp³-hybridized carbons (Fsp3) is 0.500. The average Bonchev–Trinajstić information content (AvgIpc) is 3.28. The van der Waals surface area contributed by atoms with Crippen molar-refractivity contribution in [1.29, 1.82) is 0 Å². The van der Waals surface area contributed by atoms with Crippen molar-refractivity contribution in [2.45, 2.75) is 78.7 Å². The summed E-state index contributed by atoms with van der Waals surface area (Å²) >= 11 is 0. The maximum absolute atomic E-state index is 12.6. The zero-order valence-electron chi connectivity index (χ0n) is 25.8. The van der Waals surface area contributed by atoms with Crippen LogP contribution in [-0.2, 0) is 19.1 Å². The minimum absolute atomic E-state index is 0.157. The summed E-state index contributed by atoms with van der Waals surface area (Å²) in [5.74, 6) is 7.79. The summed E-state index contributed by atoms with van der Waals surface area (Å²) < 4.78 is 16.7. The van der Waals surface area contributed by atoms with Crippen molar-refractivity contribution >= 4 is 11.9 Å². The molecule has 6 nitrogen and oxygen atoms in total. The van der Waals surface area contributed by atoms with Gasteiger partial charge in [0.15, 0.2) is 5.60 Å². The van der Waals surface area contributed by atoms with E-state index in [1.54, 1.807) is 0 Å². The zero-order valence-corrected chi connectivity index (χ0v) is 25.8. The molecule has 0 saturated carbocycles. The molecule has 1 fully saturated rings. The predicted octanol–water partition coefficient (Wildman–Crippen LogP) is 6.80. The molecule has 1 heterocycles. The zero-order chi connectivity index (χ0) is 30.5. The third kappa shape index (κ3) is 11.0. The van der Waals surface area contributed by atoms with Crippen molar-refractivity contribution in [3.05, 3.63) is 76.9 Å². The Morgan fingerprint density at radius 3 is 2.17 bits per heavy atom. The summed E-state index contributed by atoms with van der Waals surface area (Å²) in [4.78, 5) is 24.9. The minimum atomic E-state index is -1.22. The van der Waals surface area contributed by atoms with Crippen LogP contribution >= 0.6 is 0 Å². The van der Waals surface area contributed by atoms with E-state index in [0.29, 0.717) is 42.1 Å². The van der Waals surface area contributed by atoms with Crippen LogP contribution in [0.25, 0.3) is 0 Å². The Labute approximate surface area is 251 Å². The van der Waals surface area contributed by atoms with Crippen LogP contribution in [0.15, 0.2) is 60.2 Å². The van der Waals surface area contributed by atoms with Crippen molar-refractivity contribution in [2.75, 3.05) is 19.8 Å². The number of aryl methyl sites for hydroxylation is 1. The number of ether oxygens (including phenoxy) is 3. The first kappa shape index (κ1) is 32.9. The molecule has 1 unspecified atom stereocenters. The Bertz CT molecular complexity index is 1240. The lowest BCUT2D eigenvalue weighted by atomic mass is 9.86. The molecule has 0 amide bonds. The lowest BCUT2D eigenvalue weighted by molar-refractivity contribution is -0.166. The first-order valence-electron chi connectivity index (χ1n) is 15.1. The van der Waals surface area contributed by atoms with Gasteiger partial charge in [-0.25, -0.2) is 4.79 Å². The molecule has 6 heteroatoms. The SMILES string of the molecule is Cc1ccc(C#Cc2ccc(OCCCC(=O)OCC3(CO)C/C(=C\CC(CC(C)C)CC(C)C)C(=O)O3)cc2)cc1. The van der Waals surface area contributed by atoms with Gasteiger partial charge in [0.25, 0.3) is 0 Å². The van der Waals surface area contributed by atoms with E-state index in [4.69, 9.17) is 14.2 Å². The fourth-order valence-corrected chi connectivity index (χ4v) is 5.12. The van der Waals surface area contributed by atoms with E-state index < -0.39 is 24.1 Å². The molecule has 0 bridgehead atoms. The second-order valence-electron chi connectivity index (χ2n) is 12.3. The van der Waals surface area contributed by atoms with Crippen molar-refractivity contribution in [3.63, 3.8) is 0 Å². The third-order valence-corrected chi connectivity index (χ3v) is 7.23. The third-order valence-electron chi connectivity index (χ3n) is 7.23. The molecule has 1 atom stereocenters. The Balaban J connectivity index is 1.40. The van der Waals surface area contributed by atoms with Gasteiger partial charge in [-0.15, -0.1) is 0 Å².